The molecule has 2 aliphatic heterocycles. The summed E-state index contributed by atoms with van der Waals surface area (Å²) in [4.78, 5) is 20.1. The number of para-hydroxylation sites is 2. The van der Waals surface area contributed by atoms with Crippen LogP contribution in [0.3, 0.4) is 0 Å². The molecule has 8 nitrogen and oxygen atoms in total. The molecule has 0 aliphatic carbocycles. The number of anilines is 1. The van der Waals surface area contributed by atoms with Gasteiger partial charge in [0.1, 0.15) is 5.75 Å². The Hall–Kier alpha value is -3.75. The normalized spacial score (nSPS) is 17.4. The van der Waals surface area contributed by atoms with E-state index in [1.807, 2.05) is 61.6 Å². The number of nitrogens with zero attached hydrogens (tertiary/aromatic N) is 3. The summed E-state index contributed by atoms with van der Waals surface area (Å²) in [5.41, 5.74) is 4.37. The molecule has 1 saturated heterocycles. The minimum Gasteiger partial charge on any atom is -0.493 e. The van der Waals surface area contributed by atoms with E-state index in [4.69, 9.17) is 18.9 Å². The molecule has 43 heavy (non-hydrogen) atoms. The second kappa shape index (κ2) is 14.6. The first-order valence-electron chi connectivity index (χ1n) is 15.3. The number of piperazine rings is 1. The summed E-state index contributed by atoms with van der Waals surface area (Å²) in [7, 11) is 6.81. The zero-order valence-corrected chi connectivity index (χ0v) is 26.0. The molecule has 0 radical (unpaired) electrons. The standard InChI is InChI=1S/C35H45N3O5/c1-36-30-13-7-5-11-27(30)25-29(35(36)39)28-12-6-8-14-31(28)43-22-10-9-16-37-18-20-38(21-19-37)17-15-26-23-32(40-2)34(42-4)33(24-26)41-3/h5-8,11-14,23-24,29H,9-10,15-22,25H2,1-4H3. The predicted molar refractivity (Wildman–Crippen MR) is 170 cm³/mol. The van der Waals surface area contributed by atoms with Gasteiger partial charge in [0.25, 0.3) is 0 Å². The van der Waals surface area contributed by atoms with E-state index in [1.165, 1.54) is 11.1 Å². The zero-order chi connectivity index (χ0) is 30.2. The van der Waals surface area contributed by atoms with E-state index in [2.05, 4.69) is 15.9 Å². The Kier molecular flexibility index (Phi) is 10.4. The average Bonchev–Trinajstić information content (AvgIpc) is 3.05. The van der Waals surface area contributed by atoms with Crippen LogP contribution < -0.4 is 23.8 Å². The number of ether oxygens (including phenoxy) is 4. The zero-order valence-electron chi connectivity index (χ0n) is 26.0. The maximum atomic E-state index is 13.3. The van der Waals surface area contributed by atoms with Gasteiger partial charge in [-0.1, -0.05) is 36.4 Å². The first-order chi connectivity index (χ1) is 21.0. The van der Waals surface area contributed by atoms with Gasteiger partial charge in [-0.15, -0.1) is 0 Å². The molecule has 230 valence electrons. The number of methoxy groups -OCH3 is 3. The monoisotopic (exact) mass is 587 g/mol. The van der Waals surface area contributed by atoms with Gasteiger partial charge in [0, 0.05) is 51.0 Å². The highest BCUT2D eigenvalue weighted by Gasteiger charge is 2.33. The quantitative estimate of drug-likeness (QED) is 0.260. The maximum Gasteiger partial charge on any atom is 0.234 e. The number of hydrogen-bond donors (Lipinski definition) is 0. The minimum absolute atomic E-state index is 0.123. The van der Waals surface area contributed by atoms with E-state index in [0.717, 1.165) is 75.5 Å². The molecule has 2 aliphatic rings. The molecule has 0 spiro atoms. The molecule has 8 heteroatoms. The fourth-order valence-electron chi connectivity index (χ4n) is 6.24. The van der Waals surface area contributed by atoms with Crippen molar-refractivity contribution in [3.63, 3.8) is 0 Å². The Morgan fingerprint density at radius 3 is 2.12 bits per heavy atom. The van der Waals surface area contributed by atoms with Crippen LogP contribution in [0, 0.1) is 0 Å². The number of benzene rings is 3. The maximum absolute atomic E-state index is 13.3. The number of likely N-dealkylation sites (N-methyl/N-ethyl adjacent to an activating group) is 1. The number of carbonyl (C=O) groups is 1. The molecule has 1 fully saturated rings. The van der Waals surface area contributed by atoms with Crippen LogP contribution in [0.2, 0.25) is 0 Å². The Bertz CT molecular complexity index is 1350. The molecule has 0 bridgehead atoms. The lowest BCUT2D eigenvalue weighted by atomic mass is 9.86. The van der Waals surface area contributed by atoms with Crippen molar-refractivity contribution in [3.05, 3.63) is 77.4 Å². The van der Waals surface area contributed by atoms with Gasteiger partial charge in [0.2, 0.25) is 11.7 Å². The summed E-state index contributed by atoms with van der Waals surface area (Å²) >= 11 is 0. The first-order valence-corrected chi connectivity index (χ1v) is 15.3. The summed E-state index contributed by atoms with van der Waals surface area (Å²) in [6.07, 6.45) is 3.71. The summed E-state index contributed by atoms with van der Waals surface area (Å²) in [6, 6.07) is 20.3. The number of fused-ring (bicyclic) bond motifs is 1. The van der Waals surface area contributed by atoms with Gasteiger partial charge in [-0.05, 0) is 67.6 Å². The highest BCUT2D eigenvalue weighted by atomic mass is 16.5. The Balaban J connectivity index is 1.04. The molecule has 3 aromatic carbocycles. The van der Waals surface area contributed by atoms with Crippen LogP contribution in [0.5, 0.6) is 23.0 Å². The Morgan fingerprint density at radius 1 is 0.767 bits per heavy atom. The van der Waals surface area contributed by atoms with Crippen LogP contribution in [0.25, 0.3) is 0 Å². The molecule has 0 aromatic heterocycles. The minimum atomic E-state index is -0.221. The lowest BCUT2D eigenvalue weighted by Gasteiger charge is -2.34. The van der Waals surface area contributed by atoms with Crippen molar-refractivity contribution in [1.82, 2.24) is 9.80 Å². The molecule has 3 aromatic rings. The van der Waals surface area contributed by atoms with Gasteiger partial charge in [-0.25, -0.2) is 0 Å². The van der Waals surface area contributed by atoms with Gasteiger partial charge in [-0.3, -0.25) is 4.79 Å². The lowest BCUT2D eigenvalue weighted by molar-refractivity contribution is -0.120. The van der Waals surface area contributed by atoms with Crippen molar-refractivity contribution in [2.45, 2.75) is 31.6 Å². The second-order valence-electron chi connectivity index (χ2n) is 11.3. The smallest absolute Gasteiger partial charge is 0.234 e. The van der Waals surface area contributed by atoms with Crippen molar-refractivity contribution in [1.29, 1.82) is 0 Å². The van der Waals surface area contributed by atoms with E-state index in [-0.39, 0.29) is 11.8 Å². The van der Waals surface area contributed by atoms with Crippen molar-refractivity contribution in [2.75, 3.05) is 79.2 Å². The first kappa shape index (κ1) is 30.7. The second-order valence-corrected chi connectivity index (χ2v) is 11.3. The van der Waals surface area contributed by atoms with Crippen molar-refractivity contribution < 1.29 is 23.7 Å². The van der Waals surface area contributed by atoms with E-state index >= 15 is 0 Å². The van der Waals surface area contributed by atoms with Crippen molar-refractivity contribution in [2.24, 2.45) is 0 Å². The van der Waals surface area contributed by atoms with Gasteiger partial charge in [-0.2, -0.15) is 0 Å². The van der Waals surface area contributed by atoms with Crippen molar-refractivity contribution in [3.8, 4) is 23.0 Å². The predicted octanol–water partition coefficient (Wildman–Crippen LogP) is 5.03. The van der Waals surface area contributed by atoms with Crippen molar-refractivity contribution >= 4 is 11.6 Å². The van der Waals surface area contributed by atoms with Crippen LogP contribution in [0.1, 0.15) is 35.4 Å². The van der Waals surface area contributed by atoms with Gasteiger partial charge in [0.05, 0.1) is 33.9 Å². The third-order valence-corrected chi connectivity index (χ3v) is 8.73. The van der Waals surface area contributed by atoms with Crippen LogP contribution in [0.15, 0.2) is 60.7 Å². The third-order valence-electron chi connectivity index (χ3n) is 8.73. The topological polar surface area (TPSA) is 63.7 Å². The molecular weight excluding hydrogens is 542 g/mol. The SMILES string of the molecule is COc1cc(CCN2CCN(CCCCOc3ccccc3C3Cc4ccccc4N(C)C3=O)CC2)cc(OC)c1OC. The average molecular weight is 588 g/mol. The lowest BCUT2D eigenvalue weighted by Crippen LogP contribution is -2.47. The fraction of sp³-hybridized carbons (Fsp3) is 0.457. The van der Waals surface area contributed by atoms with Crippen LogP contribution in [0.4, 0.5) is 5.69 Å². The molecular formula is C35H45N3O5. The highest BCUT2D eigenvalue weighted by molar-refractivity contribution is 6.01. The Morgan fingerprint density at radius 2 is 1.42 bits per heavy atom. The fourth-order valence-corrected chi connectivity index (χ4v) is 6.24. The Labute approximate surface area is 256 Å². The van der Waals surface area contributed by atoms with Gasteiger partial charge in [0.15, 0.2) is 11.5 Å². The number of amides is 1. The molecule has 5 rings (SSSR count). The third kappa shape index (κ3) is 7.25. The van der Waals surface area contributed by atoms with Gasteiger partial charge >= 0.3 is 0 Å². The van der Waals surface area contributed by atoms with Crippen LogP contribution in [-0.4, -0.2) is 90.0 Å². The van der Waals surface area contributed by atoms with E-state index < -0.39 is 0 Å². The van der Waals surface area contributed by atoms with E-state index in [1.54, 1.807) is 26.2 Å². The number of carbonyl (C=O) groups excluding carboxylic acids is 1. The molecule has 0 N–H and O–H groups in total. The highest BCUT2D eigenvalue weighted by Crippen LogP contribution is 2.39. The molecule has 0 saturated carbocycles. The largest absolute Gasteiger partial charge is 0.493 e. The number of rotatable bonds is 13. The molecule has 1 amide bonds. The summed E-state index contributed by atoms with van der Waals surface area (Å²) < 4.78 is 22.7. The molecule has 1 atom stereocenters. The molecule has 1 unspecified atom stereocenters. The van der Waals surface area contributed by atoms with Gasteiger partial charge < -0.3 is 33.6 Å². The molecule has 2 heterocycles. The summed E-state index contributed by atoms with van der Waals surface area (Å²) in [6.45, 7) is 7.04. The van der Waals surface area contributed by atoms with Crippen LogP contribution in [-0.2, 0) is 17.6 Å². The number of unbranched alkanes of at least 4 members (excludes halogenated alkanes) is 1. The van der Waals surface area contributed by atoms with Crippen LogP contribution >= 0.6 is 0 Å². The van der Waals surface area contributed by atoms with E-state index in [9.17, 15) is 4.79 Å². The number of hydrogen-bond acceptors (Lipinski definition) is 7. The summed E-state index contributed by atoms with van der Waals surface area (Å²) in [5, 5.41) is 0. The van der Waals surface area contributed by atoms with E-state index in [0.29, 0.717) is 30.3 Å². The summed E-state index contributed by atoms with van der Waals surface area (Å²) in [5.74, 6) is 2.77.